The van der Waals surface area contributed by atoms with Crippen LogP contribution in [0.4, 0.5) is 0 Å². The maximum absolute atomic E-state index is 3.74. The lowest BCUT2D eigenvalue weighted by Gasteiger charge is -1.92. The van der Waals surface area contributed by atoms with E-state index in [1.165, 1.54) is 30.4 Å². The Morgan fingerprint density at radius 3 is 1.78 bits per heavy atom. The summed E-state index contributed by atoms with van der Waals surface area (Å²) < 4.78 is 0. The predicted molar refractivity (Wildman–Crippen MR) is 41.3 cm³/mol. The standard InChI is InChI=1S/C9H12/c1-3-8-6-5-7-9(8)4-2/h3-4H,1-2,5-7H2. The summed E-state index contributed by atoms with van der Waals surface area (Å²) in [6.45, 7) is 7.47. The molecule has 9 heavy (non-hydrogen) atoms. The van der Waals surface area contributed by atoms with Gasteiger partial charge < -0.3 is 0 Å². The van der Waals surface area contributed by atoms with Crippen molar-refractivity contribution in [2.24, 2.45) is 0 Å². The number of allylic oxidation sites excluding steroid dienone is 4. The molecule has 1 aliphatic rings. The van der Waals surface area contributed by atoms with Gasteiger partial charge in [0, 0.05) is 0 Å². The first-order chi connectivity index (χ1) is 4.38. The third kappa shape index (κ3) is 1.13. The van der Waals surface area contributed by atoms with Gasteiger partial charge in [0.25, 0.3) is 0 Å². The van der Waals surface area contributed by atoms with Crippen molar-refractivity contribution < 1.29 is 0 Å². The molecule has 1 aliphatic carbocycles. The quantitative estimate of drug-likeness (QED) is 0.525. The SMILES string of the molecule is C=CC1=C(C=C)CCC1. The lowest BCUT2D eigenvalue weighted by atomic mass is 10.1. The van der Waals surface area contributed by atoms with Gasteiger partial charge in [0.05, 0.1) is 0 Å². The average molecular weight is 120 g/mol. The molecule has 0 saturated heterocycles. The molecule has 0 spiro atoms. The Balaban J connectivity index is 2.81. The summed E-state index contributed by atoms with van der Waals surface area (Å²) in [5.41, 5.74) is 2.79. The molecule has 1 rings (SSSR count). The maximum atomic E-state index is 3.74. The molecule has 0 aromatic rings. The van der Waals surface area contributed by atoms with Crippen LogP contribution in [0.1, 0.15) is 19.3 Å². The van der Waals surface area contributed by atoms with Crippen molar-refractivity contribution in [3.05, 3.63) is 36.5 Å². The monoisotopic (exact) mass is 120 g/mol. The Morgan fingerprint density at radius 2 is 1.44 bits per heavy atom. The van der Waals surface area contributed by atoms with Gasteiger partial charge in [0.15, 0.2) is 0 Å². The first-order valence-electron chi connectivity index (χ1n) is 3.35. The van der Waals surface area contributed by atoms with Gasteiger partial charge in [-0.15, -0.1) is 0 Å². The molecule has 0 aromatic carbocycles. The van der Waals surface area contributed by atoms with Crippen LogP contribution in [0.25, 0.3) is 0 Å². The van der Waals surface area contributed by atoms with Crippen molar-refractivity contribution >= 4 is 0 Å². The van der Waals surface area contributed by atoms with Gasteiger partial charge in [-0.05, 0) is 30.4 Å². The summed E-state index contributed by atoms with van der Waals surface area (Å²) in [6, 6.07) is 0. The third-order valence-electron chi connectivity index (χ3n) is 1.80. The summed E-state index contributed by atoms with van der Waals surface area (Å²) in [4.78, 5) is 0. The highest BCUT2D eigenvalue weighted by Gasteiger charge is 2.07. The summed E-state index contributed by atoms with van der Waals surface area (Å²) in [5.74, 6) is 0. The zero-order chi connectivity index (χ0) is 6.69. The lowest BCUT2D eigenvalue weighted by Crippen LogP contribution is -1.71. The van der Waals surface area contributed by atoms with Crippen LogP contribution in [0.5, 0.6) is 0 Å². The zero-order valence-corrected chi connectivity index (χ0v) is 5.69. The van der Waals surface area contributed by atoms with Gasteiger partial charge in [0.2, 0.25) is 0 Å². The smallest absolute Gasteiger partial charge is 0.0273 e. The highest BCUT2D eigenvalue weighted by atomic mass is 14.1. The molecule has 48 valence electrons. The molecule has 0 heterocycles. The van der Waals surface area contributed by atoms with E-state index in [-0.39, 0.29) is 0 Å². The van der Waals surface area contributed by atoms with Gasteiger partial charge in [-0.2, -0.15) is 0 Å². The van der Waals surface area contributed by atoms with E-state index in [9.17, 15) is 0 Å². The molecule has 0 saturated carbocycles. The Labute approximate surface area is 56.6 Å². The predicted octanol–water partition coefficient (Wildman–Crippen LogP) is 2.84. The molecule has 0 unspecified atom stereocenters. The molecule has 0 aromatic heterocycles. The summed E-state index contributed by atoms with van der Waals surface area (Å²) in [6.07, 6.45) is 7.58. The Hall–Kier alpha value is -0.780. The van der Waals surface area contributed by atoms with Gasteiger partial charge in [-0.3, -0.25) is 0 Å². The van der Waals surface area contributed by atoms with Gasteiger partial charge in [-0.1, -0.05) is 25.3 Å². The minimum Gasteiger partial charge on any atom is -0.0988 e. The second kappa shape index (κ2) is 2.67. The summed E-state index contributed by atoms with van der Waals surface area (Å²) in [7, 11) is 0. The summed E-state index contributed by atoms with van der Waals surface area (Å²) in [5, 5.41) is 0. The number of hydrogen-bond acceptors (Lipinski definition) is 0. The largest absolute Gasteiger partial charge is 0.0988 e. The lowest BCUT2D eigenvalue weighted by molar-refractivity contribution is 0.907. The Bertz CT molecular complexity index is 143. The molecule has 0 radical (unpaired) electrons. The number of hydrogen-bond donors (Lipinski definition) is 0. The van der Waals surface area contributed by atoms with Crippen molar-refractivity contribution in [1.29, 1.82) is 0 Å². The molecule has 0 atom stereocenters. The van der Waals surface area contributed by atoms with E-state index in [1.54, 1.807) is 0 Å². The van der Waals surface area contributed by atoms with E-state index in [4.69, 9.17) is 0 Å². The van der Waals surface area contributed by atoms with E-state index in [2.05, 4.69) is 13.2 Å². The van der Waals surface area contributed by atoms with Gasteiger partial charge >= 0.3 is 0 Å². The fraction of sp³-hybridized carbons (Fsp3) is 0.333. The second-order valence-corrected chi connectivity index (χ2v) is 2.31. The van der Waals surface area contributed by atoms with E-state index in [0.29, 0.717) is 0 Å². The van der Waals surface area contributed by atoms with E-state index in [0.717, 1.165) is 0 Å². The van der Waals surface area contributed by atoms with Crippen molar-refractivity contribution in [1.82, 2.24) is 0 Å². The van der Waals surface area contributed by atoms with Gasteiger partial charge in [0.1, 0.15) is 0 Å². The highest BCUT2D eigenvalue weighted by molar-refractivity contribution is 5.34. The van der Waals surface area contributed by atoms with Crippen LogP contribution in [-0.4, -0.2) is 0 Å². The maximum Gasteiger partial charge on any atom is -0.0273 e. The molecule has 0 heteroatoms. The molecular formula is C9H12. The minimum absolute atomic E-state index is 1.20. The molecule has 0 N–H and O–H groups in total. The van der Waals surface area contributed by atoms with Crippen LogP contribution in [0.3, 0.4) is 0 Å². The highest BCUT2D eigenvalue weighted by Crippen LogP contribution is 2.26. The van der Waals surface area contributed by atoms with Crippen LogP contribution in [0.15, 0.2) is 36.5 Å². The minimum atomic E-state index is 1.20. The van der Waals surface area contributed by atoms with Crippen molar-refractivity contribution in [3.8, 4) is 0 Å². The third-order valence-corrected chi connectivity index (χ3v) is 1.80. The van der Waals surface area contributed by atoms with E-state index >= 15 is 0 Å². The van der Waals surface area contributed by atoms with Crippen LogP contribution in [-0.2, 0) is 0 Å². The zero-order valence-electron chi connectivity index (χ0n) is 5.69. The molecule has 0 fully saturated rings. The molecule has 0 bridgehead atoms. The van der Waals surface area contributed by atoms with Crippen molar-refractivity contribution in [3.63, 3.8) is 0 Å². The van der Waals surface area contributed by atoms with Crippen molar-refractivity contribution in [2.75, 3.05) is 0 Å². The van der Waals surface area contributed by atoms with Crippen LogP contribution in [0, 0.1) is 0 Å². The van der Waals surface area contributed by atoms with Crippen LogP contribution < -0.4 is 0 Å². The van der Waals surface area contributed by atoms with Crippen molar-refractivity contribution in [2.45, 2.75) is 19.3 Å². The van der Waals surface area contributed by atoms with E-state index in [1.807, 2.05) is 12.2 Å². The van der Waals surface area contributed by atoms with Crippen LogP contribution in [0.2, 0.25) is 0 Å². The first kappa shape index (κ1) is 6.34. The fourth-order valence-electron chi connectivity index (χ4n) is 1.26. The van der Waals surface area contributed by atoms with Crippen LogP contribution >= 0.6 is 0 Å². The Kier molecular flexibility index (Phi) is 1.88. The molecule has 0 aliphatic heterocycles. The number of rotatable bonds is 2. The average Bonchev–Trinajstić information content (AvgIpc) is 2.33. The molecular weight excluding hydrogens is 108 g/mol. The van der Waals surface area contributed by atoms with Gasteiger partial charge in [-0.25, -0.2) is 0 Å². The first-order valence-corrected chi connectivity index (χ1v) is 3.35. The summed E-state index contributed by atoms with van der Waals surface area (Å²) >= 11 is 0. The molecule has 0 nitrogen and oxygen atoms in total. The van der Waals surface area contributed by atoms with E-state index < -0.39 is 0 Å². The fourth-order valence-corrected chi connectivity index (χ4v) is 1.26. The molecule has 0 amide bonds. The topological polar surface area (TPSA) is 0 Å². The Morgan fingerprint density at radius 1 is 1.00 bits per heavy atom. The second-order valence-electron chi connectivity index (χ2n) is 2.31. The normalized spacial score (nSPS) is 18.2.